The van der Waals surface area contributed by atoms with Gasteiger partial charge in [-0.2, -0.15) is 0 Å². The van der Waals surface area contributed by atoms with Crippen molar-refractivity contribution in [2.24, 2.45) is 5.41 Å². The van der Waals surface area contributed by atoms with Crippen LogP contribution in [0.2, 0.25) is 0 Å². The number of amides is 1. The van der Waals surface area contributed by atoms with E-state index in [0.29, 0.717) is 11.9 Å². The molecule has 104 valence electrons. The molecule has 0 aromatic heterocycles. The summed E-state index contributed by atoms with van der Waals surface area (Å²) in [4.78, 5) is 14.8. The highest BCUT2D eigenvalue weighted by atomic mass is 32.2. The zero-order valence-corrected chi connectivity index (χ0v) is 12.8. The summed E-state index contributed by atoms with van der Waals surface area (Å²) >= 11 is 0. The first-order chi connectivity index (χ1) is 8.46. The van der Waals surface area contributed by atoms with Gasteiger partial charge in [0, 0.05) is 25.7 Å². The molecular weight excluding hydrogens is 244 g/mol. The van der Waals surface area contributed by atoms with Gasteiger partial charge in [0.15, 0.2) is 0 Å². The van der Waals surface area contributed by atoms with Crippen LogP contribution in [0, 0.1) is 5.41 Å². The number of rotatable bonds is 2. The Bertz CT molecular complexity index is 346. The molecule has 2 fully saturated rings. The van der Waals surface area contributed by atoms with Crippen LogP contribution in [0.4, 0.5) is 0 Å². The second kappa shape index (κ2) is 5.33. The normalized spacial score (nSPS) is 26.9. The van der Waals surface area contributed by atoms with Crippen LogP contribution in [0.25, 0.3) is 0 Å². The van der Waals surface area contributed by atoms with E-state index in [0.717, 1.165) is 38.9 Å². The molecule has 3 nitrogen and oxygen atoms in total. The molecule has 2 saturated heterocycles. The number of nitrogens with zero attached hydrogens (tertiary/aromatic N) is 2. The van der Waals surface area contributed by atoms with Crippen LogP contribution in [-0.4, -0.2) is 52.9 Å². The summed E-state index contributed by atoms with van der Waals surface area (Å²) < 4.78 is 2.42. The van der Waals surface area contributed by atoms with Crippen molar-refractivity contribution in [2.45, 2.75) is 45.6 Å². The van der Waals surface area contributed by atoms with Crippen molar-refractivity contribution < 1.29 is 4.79 Å². The van der Waals surface area contributed by atoms with E-state index >= 15 is 0 Å². The van der Waals surface area contributed by atoms with Crippen molar-refractivity contribution in [2.75, 3.05) is 25.9 Å². The molecule has 2 aliphatic rings. The van der Waals surface area contributed by atoms with Gasteiger partial charge in [0.2, 0.25) is 5.91 Å². The molecule has 4 heteroatoms. The van der Waals surface area contributed by atoms with Gasteiger partial charge in [-0.05, 0) is 45.8 Å². The van der Waals surface area contributed by atoms with E-state index < -0.39 is 0 Å². The topological polar surface area (TPSA) is 23.6 Å². The maximum Gasteiger partial charge on any atom is 0.229 e. The average Bonchev–Trinajstić information content (AvgIpc) is 2.33. The number of carbonyl (C=O) groups excluding carboxylic acids is 1. The average molecular weight is 270 g/mol. The highest BCUT2D eigenvalue weighted by Crippen LogP contribution is 2.42. The standard InChI is InChI=1S/C14H26N2OS/c1-12(2)16-9-5-6-14(13(16)17)7-10-15(11-8-14)18(3)4/h12H,3,5-11H2,1-2,4H3. The Morgan fingerprint density at radius 2 is 1.83 bits per heavy atom. The molecule has 0 saturated carbocycles. The van der Waals surface area contributed by atoms with Gasteiger partial charge in [-0.25, -0.2) is 0 Å². The van der Waals surface area contributed by atoms with Gasteiger partial charge in [0.05, 0.1) is 5.41 Å². The lowest BCUT2D eigenvalue weighted by Crippen LogP contribution is -2.54. The molecule has 0 radical (unpaired) electrons. The van der Waals surface area contributed by atoms with Gasteiger partial charge in [0.1, 0.15) is 0 Å². The van der Waals surface area contributed by atoms with Crippen molar-refractivity contribution in [3.8, 4) is 0 Å². The lowest BCUT2D eigenvalue weighted by Gasteiger charge is -2.47. The summed E-state index contributed by atoms with van der Waals surface area (Å²) in [6.45, 7) is 7.30. The molecule has 0 N–H and O–H groups in total. The third-order valence-corrected chi connectivity index (χ3v) is 5.76. The largest absolute Gasteiger partial charge is 0.340 e. The maximum absolute atomic E-state index is 12.7. The number of likely N-dealkylation sites (tertiary alicyclic amines) is 1. The van der Waals surface area contributed by atoms with E-state index in [4.69, 9.17) is 0 Å². The fourth-order valence-electron chi connectivity index (χ4n) is 3.28. The minimum absolute atomic E-state index is 0.0433. The Morgan fingerprint density at radius 3 is 2.33 bits per heavy atom. The first-order valence-corrected chi connectivity index (χ1v) is 8.74. The third kappa shape index (κ3) is 2.50. The minimum atomic E-state index is -0.0433. The van der Waals surface area contributed by atoms with E-state index in [-0.39, 0.29) is 16.1 Å². The molecule has 0 aromatic rings. The molecule has 1 unspecified atom stereocenters. The molecular formula is C14H26N2OS. The SMILES string of the molecule is C=S(C)N1CCC2(CCCN(C(C)C)C2=O)CC1. The van der Waals surface area contributed by atoms with E-state index in [9.17, 15) is 4.79 Å². The van der Waals surface area contributed by atoms with Crippen LogP contribution >= 0.6 is 10.7 Å². The lowest BCUT2D eigenvalue weighted by molar-refractivity contribution is -0.151. The van der Waals surface area contributed by atoms with Gasteiger partial charge in [-0.15, -0.1) is 10.7 Å². The molecule has 0 bridgehead atoms. The van der Waals surface area contributed by atoms with E-state index in [1.807, 2.05) is 0 Å². The smallest absolute Gasteiger partial charge is 0.229 e. The zero-order valence-electron chi connectivity index (χ0n) is 11.9. The Morgan fingerprint density at radius 1 is 1.22 bits per heavy atom. The number of piperidine rings is 2. The van der Waals surface area contributed by atoms with Gasteiger partial charge in [0.25, 0.3) is 0 Å². The number of hydrogen-bond donors (Lipinski definition) is 0. The second-order valence-electron chi connectivity index (χ2n) is 6.01. The maximum atomic E-state index is 12.7. The fraction of sp³-hybridized carbons (Fsp3) is 0.857. The first-order valence-electron chi connectivity index (χ1n) is 6.98. The zero-order chi connectivity index (χ0) is 13.3. The molecule has 0 aliphatic carbocycles. The van der Waals surface area contributed by atoms with Crippen molar-refractivity contribution in [1.82, 2.24) is 9.21 Å². The van der Waals surface area contributed by atoms with Crippen molar-refractivity contribution in [3.05, 3.63) is 0 Å². The van der Waals surface area contributed by atoms with Gasteiger partial charge >= 0.3 is 0 Å². The lowest BCUT2D eigenvalue weighted by atomic mass is 9.72. The third-order valence-electron chi connectivity index (χ3n) is 4.51. The summed E-state index contributed by atoms with van der Waals surface area (Å²) in [5.41, 5.74) is -0.0433. The highest BCUT2D eigenvalue weighted by molar-refractivity contribution is 8.11. The van der Waals surface area contributed by atoms with Crippen LogP contribution in [0.3, 0.4) is 0 Å². The van der Waals surface area contributed by atoms with E-state index in [1.165, 1.54) is 6.42 Å². The summed E-state index contributed by atoms with van der Waals surface area (Å²) in [5.74, 6) is 4.54. The number of hydrogen-bond acceptors (Lipinski definition) is 2. The second-order valence-corrected chi connectivity index (χ2v) is 7.72. The van der Waals surface area contributed by atoms with Crippen LogP contribution in [0.15, 0.2) is 0 Å². The fourth-order valence-corrected chi connectivity index (χ4v) is 4.09. The Kier molecular flexibility index (Phi) is 4.17. The Balaban J connectivity index is 2.08. The summed E-state index contributed by atoms with van der Waals surface area (Å²) in [6, 6.07) is 0.348. The molecule has 2 heterocycles. The summed E-state index contributed by atoms with van der Waals surface area (Å²) in [7, 11) is 0.107. The van der Waals surface area contributed by atoms with Crippen molar-refractivity contribution >= 4 is 22.4 Å². The van der Waals surface area contributed by atoms with Crippen LogP contribution in [-0.2, 0) is 4.79 Å². The van der Waals surface area contributed by atoms with Gasteiger partial charge < -0.3 is 4.90 Å². The first kappa shape index (κ1) is 14.1. The van der Waals surface area contributed by atoms with E-state index in [1.54, 1.807) is 0 Å². The minimum Gasteiger partial charge on any atom is -0.340 e. The summed E-state index contributed by atoms with van der Waals surface area (Å²) in [5, 5.41) is 0. The van der Waals surface area contributed by atoms with Gasteiger partial charge in [-0.3, -0.25) is 9.10 Å². The van der Waals surface area contributed by atoms with E-state index in [2.05, 4.69) is 35.2 Å². The van der Waals surface area contributed by atoms with Crippen molar-refractivity contribution in [1.29, 1.82) is 0 Å². The predicted octanol–water partition coefficient (Wildman–Crippen LogP) is 2.35. The molecule has 2 rings (SSSR count). The molecule has 1 amide bonds. The molecule has 0 aromatic carbocycles. The van der Waals surface area contributed by atoms with Gasteiger partial charge in [-0.1, -0.05) is 5.87 Å². The van der Waals surface area contributed by atoms with Crippen LogP contribution in [0.1, 0.15) is 39.5 Å². The molecule has 1 spiro atoms. The summed E-state index contributed by atoms with van der Waals surface area (Å²) in [6.07, 6.45) is 6.49. The monoisotopic (exact) mass is 270 g/mol. The Hall–Kier alpha value is -0.350. The molecule has 2 aliphatic heterocycles. The Labute approximate surface area is 114 Å². The van der Waals surface area contributed by atoms with Crippen molar-refractivity contribution in [3.63, 3.8) is 0 Å². The molecule has 18 heavy (non-hydrogen) atoms. The van der Waals surface area contributed by atoms with Crippen LogP contribution < -0.4 is 0 Å². The quantitative estimate of drug-likeness (QED) is 0.719. The van der Waals surface area contributed by atoms with Crippen LogP contribution in [0.5, 0.6) is 0 Å². The highest BCUT2D eigenvalue weighted by Gasteiger charge is 2.46. The number of carbonyl (C=O) groups is 1. The predicted molar refractivity (Wildman–Crippen MR) is 80.0 cm³/mol. The molecule has 1 atom stereocenters.